The molecule has 0 aliphatic carbocycles. The van der Waals surface area contributed by atoms with Gasteiger partial charge in [0.05, 0.1) is 22.0 Å². The quantitative estimate of drug-likeness (QED) is 0.495. The van der Waals surface area contributed by atoms with Gasteiger partial charge in [-0.05, 0) is 36.8 Å². The number of carbonyl (C=O) groups is 1. The van der Waals surface area contributed by atoms with E-state index in [0.29, 0.717) is 5.13 Å². The summed E-state index contributed by atoms with van der Waals surface area (Å²) in [7, 11) is 0. The van der Waals surface area contributed by atoms with Crippen LogP contribution in [0, 0.1) is 6.92 Å². The summed E-state index contributed by atoms with van der Waals surface area (Å²) in [5.41, 5.74) is 3.91. The van der Waals surface area contributed by atoms with E-state index in [4.69, 9.17) is 0 Å². The fourth-order valence-corrected chi connectivity index (χ4v) is 4.18. The second-order valence-electron chi connectivity index (χ2n) is 5.91. The van der Waals surface area contributed by atoms with Crippen molar-refractivity contribution in [3.05, 3.63) is 65.8 Å². The number of carbonyl (C=O) groups excluding carboxylic acids is 1. The number of nitrogens with zero attached hydrogens (tertiary/aromatic N) is 3. The molecule has 3 heterocycles. The number of benzene rings is 1. The molecule has 27 heavy (non-hydrogen) atoms. The number of fused-ring (bicyclic) bond motifs is 1. The van der Waals surface area contributed by atoms with Crippen molar-refractivity contribution in [3.63, 3.8) is 0 Å². The molecule has 0 atom stereocenters. The number of nitrogens with one attached hydrogen (secondary N) is 1. The molecule has 0 radical (unpaired) electrons. The Kier molecular flexibility index (Phi) is 5.13. The molecule has 5 nitrogen and oxygen atoms in total. The summed E-state index contributed by atoms with van der Waals surface area (Å²) in [5, 5.41) is 7.36. The first-order chi connectivity index (χ1) is 13.2. The monoisotopic (exact) mass is 392 g/mol. The molecule has 0 saturated carbocycles. The lowest BCUT2D eigenvalue weighted by molar-refractivity contribution is -0.113. The first kappa shape index (κ1) is 17.6. The molecular weight excluding hydrogens is 376 g/mol. The molecule has 7 heteroatoms. The van der Waals surface area contributed by atoms with Crippen molar-refractivity contribution in [2.24, 2.45) is 0 Å². The van der Waals surface area contributed by atoms with Gasteiger partial charge in [-0.3, -0.25) is 9.78 Å². The third-order valence-electron chi connectivity index (χ3n) is 3.98. The first-order valence-electron chi connectivity index (χ1n) is 8.34. The van der Waals surface area contributed by atoms with Crippen LogP contribution in [0.4, 0.5) is 5.13 Å². The van der Waals surface area contributed by atoms with E-state index in [2.05, 4.69) is 33.3 Å². The summed E-state index contributed by atoms with van der Waals surface area (Å²) in [4.78, 5) is 25.4. The fourth-order valence-electron chi connectivity index (χ4n) is 2.67. The van der Waals surface area contributed by atoms with Gasteiger partial charge in [0.15, 0.2) is 5.13 Å². The Balaban J connectivity index is 1.40. The van der Waals surface area contributed by atoms with Gasteiger partial charge in [-0.25, -0.2) is 9.97 Å². The molecule has 0 aliphatic rings. The number of pyridine rings is 2. The highest BCUT2D eigenvalue weighted by Gasteiger charge is 2.10. The standard InChI is InChI=1S/C20H16N4OS2/c1-13-10-19(22-16-5-3-2-4-15(13)16)26-12-18(25)24-20-23-17(11-27-20)14-6-8-21-9-7-14/h2-11H,12H2,1H3,(H,23,24,25). The van der Waals surface area contributed by atoms with Crippen molar-refractivity contribution >= 4 is 45.0 Å². The summed E-state index contributed by atoms with van der Waals surface area (Å²) in [5.74, 6) is 0.192. The summed E-state index contributed by atoms with van der Waals surface area (Å²) < 4.78 is 0. The van der Waals surface area contributed by atoms with Crippen LogP contribution in [-0.2, 0) is 4.79 Å². The van der Waals surface area contributed by atoms with E-state index in [-0.39, 0.29) is 11.7 Å². The molecule has 0 unspecified atom stereocenters. The van der Waals surface area contributed by atoms with Gasteiger partial charge in [0, 0.05) is 28.7 Å². The molecule has 1 aromatic carbocycles. The Morgan fingerprint density at radius 3 is 2.81 bits per heavy atom. The van der Waals surface area contributed by atoms with E-state index in [1.807, 2.05) is 41.8 Å². The average Bonchev–Trinajstić information content (AvgIpc) is 3.16. The minimum absolute atomic E-state index is 0.0942. The molecule has 0 spiro atoms. The fraction of sp³-hybridized carbons (Fsp3) is 0.100. The van der Waals surface area contributed by atoms with Crippen LogP contribution in [0.15, 0.2) is 65.3 Å². The average molecular weight is 393 g/mol. The van der Waals surface area contributed by atoms with Crippen molar-refractivity contribution in [2.45, 2.75) is 11.9 Å². The zero-order valence-corrected chi connectivity index (χ0v) is 16.2. The summed E-state index contributed by atoms with van der Waals surface area (Å²) >= 11 is 2.84. The molecular formula is C20H16N4OS2. The number of aromatic nitrogens is 3. The van der Waals surface area contributed by atoms with Gasteiger partial charge in [-0.15, -0.1) is 11.3 Å². The van der Waals surface area contributed by atoms with Crippen LogP contribution in [0.5, 0.6) is 0 Å². The highest BCUT2D eigenvalue weighted by atomic mass is 32.2. The van der Waals surface area contributed by atoms with Gasteiger partial charge in [-0.2, -0.15) is 0 Å². The van der Waals surface area contributed by atoms with Gasteiger partial charge in [0.1, 0.15) is 0 Å². The largest absolute Gasteiger partial charge is 0.301 e. The smallest absolute Gasteiger partial charge is 0.236 e. The highest BCUT2D eigenvalue weighted by molar-refractivity contribution is 7.99. The Bertz CT molecular complexity index is 1100. The molecule has 4 aromatic rings. The van der Waals surface area contributed by atoms with E-state index >= 15 is 0 Å². The lowest BCUT2D eigenvalue weighted by Crippen LogP contribution is -2.13. The highest BCUT2D eigenvalue weighted by Crippen LogP contribution is 2.26. The van der Waals surface area contributed by atoms with Crippen molar-refractivity contribution in [1.82, 2.24) is 15.0 Å². The Hall–Kier alpha value is -2.77. The van der Waals surface area contributed by atoms with Crippen LogP contribution in [-0.4, -0.2) is 26.6 Å². The van der Waals surface area contributed by atoms with E-state index in [1.54, 1.807) is 12.4 Å². The molecule has 1 N–H and O–H groups in total. The van der Waals surface area contributed by atoms with Crippen LogP contribution in [0.1, 0.15) is 5.56 Å². The molecule has 3 aromatic heterocycles. The third-order valence-corrected chi connectivity index (χ3v) is 5.65. The van der Waals surface area contributed by atoms with Gasteiger partial charge in [0.2, 0.25) is 5.91 Å². The van der Waals surface area contributed by atoms with E-state index in [9.17, 15) is 4.79 Å². The number of thiazole rings is 1. The first-order valence-corrected chi connectivity index (χ1v) is 10.2. The summed E-state index contributed by atoms with van der Waals surface area (Å²) in [6, 6.07) is 13.8. The minimum Gasteiger partial charge on any atom is -0.301 e. The van der Waals surface area contributed by atoms with Crippen LogP contribution in [0.3, 0.4) is 0 Å². The van der Waals surface area contributed by atoms with Gasteiger partial charge in [-0.1, -0.05) is 30.0 Å². The molecule has 134 valence electrons. The predicted molar refractivity (Wildman–Crippen MR) is 111 cm³/mol. The lowest BCUT2D eigenvalue weighted by Gasteiger charge is -2.06. The lowest BCUT2D eigenvalue weighted by atomic mass is 10.1. The van der Waals surface area contributed by atoms with E-state index in [0.717, 1.165) is 32.7 Å². The van der Waals surface area contributed by atoms with Crippen LogP contribution >= 0.6 is 23.1 Å². The number of para-hydroxylation sites is 1. The second-order valence-corrected chi connectivity index (χ2v) is 7.76. The zero-order chi connectivity index (χ0) is 18.6. The maximum atomic E-state index is 12.3. The van der Waals surface area contributed by atoms with Gasteiger partial charge in [0.25, 0.3) is 0 Å². The topological polar surface area (TPSA) is 67.8 Å². The van der Waals surface area contributed by atoms with Crippen LogP contribution in [0.25, 0.3) is 22.2 Å². The normalized spacial score (nSPS) is 10.9. The number of hydrogen-bond acceptors (Lipinski definition) is 6. The molecule has 4 rings (SSSR count). The van der Waals surface area contributed by atoms with Crippen molar-refractivity contribution in [2.75, 3.05) is 11.1 Å². The SMILES string of the molecule is Cc1cc(SCC(=O)Nc2nc(-c3ccncc3)cs2)nc2ccccc12. The Labute approximate surface area is 164 Å². The maximum Gasteiger partial charge on any atom is 0.236 e. The van der Waals surface area contributed by atoms with E-state index in [1.165, 1.54) is 23.1 Å². The number of thioether (sulfide) groups is 1. The molecule has 0 fully saturated rings. The van der Waals surface area contributed by atoms with Crippen LogP contribution < -0.4 is 5.32 Å². The number of rotatable bonds is 5. The number of amides is 1. The zero-order valence-electron chi connectivity index (χ0n) is 14.5. The minimum atomic E-state index is -0.0942. The molecule has 1 amide bonds. The number of anilines is 1. The number of hydrogen-bond donors (Lipinski definition) is 1. The van der Waals surface area contributed by atoms with Crippen molar-refractivity contribution < 1.29 is 4.79 Å². The van der Waals surface area contributed by atoms with Crippen molar-refractivity contribution in [1.29, 1.82) is 0 Å². The Morgan fingerprint density at radius 1 is 1.15 bits per heavy atom. The van der Waals surface area contributed by atoms with Crippen LogP contribution in [0.2, 0.25) is 0 Å². The second kappa shape index (κ2) is 7.85. The maximum absolute atomic E-state index is 12.3. The molecule has 0 saturated heterocycles. The van der Waals surface area contributed by atoms with E-state index < -0.39 is 0 Å². The van der Waals surface area contributed by atoms with Gasteiger partial charge >= 0.3 is 0 Å². The van der Waals surface area contributed by atoms with Crippen molar-refractivity contribution in [3.8, 4) is 11.3 Å². The third kappa shape index (κ3) is 4.15. The number of aryl methyl sites for hydroxylation is 1. The summed E-state index contributed by atoms with van der Waals surface area (Å²) in [6.07, 6.45) is 3.45. The Morgan fingerprint density at radius 2 is 1.96 bits per heavy atom. The molecule has 0 aliphatic heterocycles. The van der Waals surface area contributed by atoms with Gasteiger partial charge < -0.3 is 5.32 Å². The predicted octanol–water partition coefficient (Wildman–Crippen LogP) is 4.79. The molecule has 0 bridgehead atoms. The summed E-state index contributed by atoms with van der Waals surface area (Å²) in [6.45, 7) is 2.06.